The van der Waals surface area contributed by atoms with Crippen LogP contribution in [0.4, 0.5) is 4.39 Å². The van der Waals surface area contributed by atoms with Gasteiger partial charge < -0.3 is 9.47 Å². The molecule has 0 saturated carbocycles. The minimum absolute atomic E-state index is 0.0652. The van der Waals surface area contributed by atoms with Crippen molar-refractivity contribution in [2.24, 2.45) is 0 Å². The van der Waals surface area contributed by atoms with E-state index in [9.17, 15) is 9.18 Å². The lowest BCUT2D eigenvalue weighted by Crippen LogP contribution is -2.13. The third-order valence-electron chi connectivity index (χ3n) is 1.66. The van der Waals surface area contributed by atoms with Crippen molar-refractivity contribution in [3.8, 4) is 5.75 Å². The van der Waals surface area contributed by atoms with Crippen LogP contribution in [-0.4, -0.2) is 19.7 Å². The minimum Gasteiger partial charge on any atom is -0.479 e. The molecule has 76 valence electrons. The van der Waals surface area contributed by atoms with Gasteiger partial charge in [-0.1, -0.05) is 6.07 Å². The van der Waals surface area contributed by atoms with Crippen LogP contribution < -0.4 is 4.74 Å². The van der Waals surface area contributed by atoms with Gasteiger partial charge in [-0.05, 0) is 24.6 Å². The van der Waals surface area contributed by atoms with Crippen molar-refractivity contribution in [2.75, 3.05) is 13.7 Å². The fourth-order valence-electron chi connectivity index (χ4n) is 0.917. The van der Waals surface area contributed by atoms with Gasteiger partial charge in [0.25, 0.3) is 0 Å². The van der Waals surface area contributed by atoms with Crippen molar-refractivity contribution < 1.29 is 18.7 Å². The second-order valence-electron chi connectivity index (χ2n) is 2.80. The van der Waals surface area contributed by atoms with Gasteiger partial charge in [-0.15, -0.1) is 0 Å². The van der Waals surface area contributed by atoms with Crippen LogP contribution in [-0.2, 0) is 9.53 Å². The van der Waals surface area contributed by atoms with Crippen molar-refractivity contribution in [1.29, 1.82) is 0 Å². The Bertz CT molecular complexity index is 336. The number of halogens is 1. The van der Waals surface area contributed by atoms with Gasteiger partial charge in [0.15, 0.2) is 18.2 Å². The molecular formula is C10H11FO3. The van der Waals surface area contributed by atoms with Crippen molar-refractivity contribution in [2.45, 2.75) is 6.92 Å². The molecule has 0 spiro atoms. The average Bonchev–Trinajstić information content (AvgIpc) is 2.19. The summed E-state index contributed by atoms with van der Waals surface area (Å²) < 4.78 is 22.3. The Hall–Kier alpha value is -1.58. The molecule has 0 radical (unpaired) electrons. The standard InChI is InChI=1S/C10H11FO3/c1-7-3-4-8(11)9(5-7)14-6-10(12)13-2/h3-5H,6H2,1-2H3. The highest BCUT2D eigenvalue weighted by atomic mass is 19.1. The van der Waals surface area contributed by atoms with E-state index in [0.717, 1.165) is 5.56 Å². The lowest BCUT2D eigenvalue weighted by Gasteiger charge is -2.06. The maximum absolute atomic E-state index is 13.0. The Kier molecular flexibility index (Phi) is 3.45. The first kappa shape index (κ1) is 10.5. The second kappa shape index (κ2) is 4.60. The Labute approximate surface area is 81.4 Å². The lowest BCUT2D eigenvalue weighted by atomic mass is 10.2. The fourth-order valence-corrected chi connectivity index (χ4v) is 0.917. The van der Waals surface area contributed by atoms with E-state index in [0.29, 0.717) is 0 Å². The maximum Gasteiger partial charge on any atom is 0.343 e. The molecule has 0 heterocycles. The lowest BCUT2D eigenvalue weighted by molar-refractivity contribution is -0.142. The number of hydrogen-bond donors (Lipinski definition) is 0. The highest BCUT2D eigenvalue weighted by Crippen LogP contribution is 2.17. The first-order valence-corrected chi connectivity index (χ1v) is 4.09. The normalized spacial score (nSPS) is 9.64. The Morgan fingerprint density at radius 1 is 1.50 bits per heavy atom. The van der Waals surface area contributed by atoms with E-state index in [1.54, 1.807) is 6.07 Å². The summed E-state index contributed by atoms with van der Waals surface area (Å²) in [7, 11) is 1.25. The Balaban J connectivity index is 2.66. The summed E-state index contributed by atoms with van der Waals surface area (Å²) in [5.41, 5.74) is 0.867. The van der Waals surface area contributed by atoms with Crippen LogP contribution in [0.25, 0.3) is 0 Å². The molecule has 1 aromatic carbocycles. The highest BCUT2D eigenvalue weighted by molar-refractivity contribution is 5.70. The summed E-state index contributed by atoms with van der Waals surface area (Å²) in [6.45, 7) is 1.53. The summed E-state index contributed by atoms with van der Waals surface area (Å²) in [4.78, 5) is 10.7. The Morgan fingerprint density at radius 2 is 2.21 bits per heavy atom. The first-order valence-electron chi connectivity index (χ1n) is 4.09. The quantitative estimate of drug-likeness (QED) is 0.693. The topological polar surface area (TPSA) is 35.5 Å². The molecule has 14 heavy (non-hydrogen) atoms. The number of esters is 1. The third-order valence-corrected chi connectivity index (χ3v) is 1.66. The van der Waals surface area contributed by atoms with Crippen molar-refractivity contribution in [3.05, 3.63) is 29.6 Å². The largest absolute Gasteiger partial charge is 0.479 e. The van der Waals surface area contributed by atoms with Crippen LogP contribution in [0.1, 0.15) is 5.56 Å². The van der Waals surface area contributed by atoms with Gasteiger partial charge in [-0.3, -0.25) is 0 Å². The van der Waals surface area contributed by atoms with Crippen LogP contribution in [0.15, 0.2) is 18.2 Å². The van der Waals surface area contributed by atoms with Crippen molar-refractivity contribution >= 4 is 5.97 Å². The molecule has 0 saturated heterocycles. The molecule has 0 aliphatic rings. The van der Waals surface area contributed by atoms with E-state index in [-0.39, 0.29) is 12.4 Å². The highest BCUT2D eigenvalue weighted by Gasteiger charge is 2.06. The summed E-state index contributed by atoms with van der Waals surface area (Å²) >= 11 is 0. The predicted octanol–water partition coefficient (Wildman–Crippen LogP) is 1.69. The van der Waals surface area contributed by atoms with Gasteiger partial charge in [0.05, 0.1) is 7.11 Å². The predicted molar refractivity (Wildman–Crippen MR) is 48.6 cm³/mol. The fraction of sp³-hybridized carbons (Fsp3) is 0.300. The second-order valence-corrected chi connectivity index (χ2v) is 2.80. The number of rotatable bonds is 3. The number of carbonyl (C=O) groups is 1. The zero-order chi connectivity index (χ0) is 10.6. The van der Waals surface area contributed by atoms with Crippen LogP contribution in [0.2, 0.25) is 0 Å². The molecule has 0 aliphatic heterocycles. The molecule has 3 nitrogen and oxygen atoms in total. The summed E-state index contributed by atoms with van der Waals surface area (Å²) in [5.74, 6) is -0.958. The zero-order valence-electron chi connectivity index (χ0n) is 8.04. The first-order chi connectivity index (χ1) is 6.63. The van der Waals surface area contributed by atoms with Gasteiger partial charge in [0, 0.05) is 0 Å². The summed E-state index contributed by atoms with van der Waals surface area (Å²) in [6, 6.07) is 4.44. The summed E-state index contributed by atoms with van der Waals surface area (Å²) in [5, 5.41) is 0. The van der Waals surface area contributed by atoms with Gasteiger partial charge in [0.1, 0.15) is 0 Å². The smallest absolute Gasteiger partial charge is 0.343 e. The van der Waals surface area contributed by atoms with E-state index >= 15 is 0 Å². The van der Waals surface area contributed by atoms with E-state index in [4.69, 9.17) is 4.74 Å². The van der Waals surface area contributed by atoms with Crippen molar-refractivity contribution in [3.63, 3.8) is 0 Å². The molecular weight excluding hydrogens is 187 g/mol. The molecule has 4 heteroatoms. The monoisotopic (exact) mass is 198 g/mol. The number of aryl methyl sites for hydroxylation is 1. The average molecular weight is 198 g/mol. The van der Waals surface area contributed by atoms with Gasteiger partial charge >= 0.3 is 5.97 Å². The van der Waals surface area contributed by atoms with E-state index in [1.165, 1.54) is 19.2 Å². The van der Waals surface area contributed by atoms with Crippen LogP contribution in [0.3, 0.4) is 0 Å². The number of benzene rings is 1. The molecule has 0 aliphatic carbocycles. The van der Waals surface area contributed by atoms with Gasteiger partial charge in [0.2, 0.25) is 0 Å². The number of carbonyl (C=O) groups excluding carboxylic acids is 1. The molecule has 0 fully saturated rings. The van der Waals surface area contributed by atoms with Gasteiger partial charge in [-0.2, -0.15) is 0 Å². The minimum atomic E-state index is -0.536. The SMILES string of the molecule is COC(=O)COc1cc(C)ccc1F. The third kappa shape index (κ3) is 2.73. The number of hydrogen-bond acceptors (Lipinski definition) is 3. The van der Waals surface area contributed by atoms with E-state index in [1.807, 2.05) is 6.92 Å². The number of ether oxygens (including phenoxy) is 2. The maximum atomic E-state index is 13.0. The van der Waals surface area contributed by atoms with Gasteiger partial charge in [-0.25, -0.2) is 9.18 Å². The molecule has 0 amide bonds. The van der Waals surface area contributed by atoms with E-state index in [2.05, 4.69) is 4.74 Å². The molecule has 0 aromatic heterocycles. The molecule has 0 N–H and O–H groups in total. The van der Waals surface area contributed by atoms with Crippen LogP contribution >= 0.6 is 0 Å². The van der Waals surface area contributed by atoms with Crippen molar-refractivity contribution in [1.82, 2.24) is 0 Å². The zero-order valence-corrected chi connectivity index (χ0v) is 8.04. The molecule has 0 atom stereocenters. The Morgan fingerprint density at radius 3 is 2.86 bits per heavy atom. The summed E-state index contributed by atoms with van der Waals surface area (Å²) in [6.07, 6.45) is 0. The number of methoxy groups -OCH3 is 1. The van der Waals surface area contributed by atoms with Crippen LogP contribution in [0.5, 0.6) is 5.75 Å². The molecule has 1 rings (SSSR count). The van der Waals surface area contributed by atoms with Crippen LogP contribution in [0, 0.1) is 12.7 Å². The molecule has 0 bridgehead atoms. The molecule has 0 unspecified atom stereocenters. The van der Waals surface area contributed by atoms with E-state index < -0.39 is 11.8 Å². The molecule has 1 aromatic rings.